The highest BCUT2D eigenvalue weighted by Crippen LogP contribution is 2.54. The molecule has 2 aromatic carbocycles. The second-order valence-electron chi connectivity index (χ2n) is 5.38. The molecule has 0 spiro atoms. The van der Waals surface area contributed by atoms with Gasteiger partial charge >= 0.3 is 0 Å². The van der Waals surface area contributed by atoms with Gasteiger partial charge in [0.05, 0.1) is 0 Å². The van der Waals surface area contributed by atoms with E-state index in [1.807, 2.05) is 24.3 Å². The number of carbonyl (C=O) groups excluding carboxylic acids is 1. The van der Waals surface area contributed by atoms with E-state index in [9.17, 15) is 4.79 Å². The minimum Gasteiger partial charge on any atom is -0.290 e. The summed E-state index contributed by atoms with van der Waals surface area (Å²) in [6, 6.07) is 20.8. The molecule has 0 N–H and O–H groups in total. The van der Waals surface area contributed by atoms with Crippen LogP contribution in [0.1, 0.15) is 11.1 Å². The van der Waals surface area contributed by atoms with Crippen LogP contribution in [0.2, 0.25) is 0 Å². The Labute approximate surface area is 129 Å². The summed E-state index contributed by atoms with van der Waals surface area (Å²) in [4.78, 5) is 11.3. The van der Waals surface area contributed by atoms with Crippen LogP contribution in [0.5, 0.6) is 0 Å². The molecule has 0 fully saturated rings. The quantitative estimate of drug-likeness (QED) is 0.786. The molecule has 4 rings (SSSR count). The Bertz CT molecular complexity index is 793. The van der Waals surface area contributed by atoms with Crippen molar-refractivity contribution in [2.45, 2.75) is 0 Å². The van der Waals surface area contributed by atoms with Gasteiger partial charge in [-0.15, -0.1) is 0 Å². The Balaban J connectivity index is 1.85. The Morgan fingerprint density at radius 3 is 1.41 bits per heavy atom. The lowest BCUT2D eigenvalue weighted by Crippen LogP contribution is -1.92. The molecule has 2 aromatic rings. The summed E-state index contributed by atoms with van der Waals surface area (Å²) in [6.45, 7) is 0. The fourth-order valence-electron chi connectivity index (χ4n) is 2.88. The van der Waals surface area contributed by atoms with Crippen molar-refractivity contribution in [3.63, 3.8) is 0 Å². The van der Waals surface area contributed by atoms with Crippen molar-refractivity contribution in [1.29, 1.82) is 0 Å². The standard InChI is InChI=1S/C21H14O/c22-18-13-11-17(12-14-18)21-19(15-7-3-1-4-8-15)20(21)16-9-5-2-6-10-16/h1-14H. The zero-order chi connectivity index (χ0) is 14.9. The highest BCUT2D eigenvalue weighted by molar-refractivity contribution is 6.27. The molecule has 104 valence electrons. The monoisotopic (exact) mass is 282 g/mol. The van der Waals surface area contributed by atoms with Crippen LogP contribution < -0.4 is 0 Å². The largest absolute Gasteiger partial charge is 0.290 e. The van der Waals surface area contributed by atoms with E-state index in [1.165, 1.54) is 27.8 Å². The Kier molecular flexibility index (Phi) is 2.97. The van der Waals surface area contributed by atoms with Crippen molar-refractivity contribution in [2.75, 3.05) is 0 Å². The molecule has 0 amide bonds. The van der Waals surface area contributed by atoms with Gasteiger partial charge in [0, 0.05) is 0 Å². The van der Waals surface area contributed by atoms with Gasteiger partial charge in [-0.05, 0) is 45.6 Å². The summed E-state index contributed by atoms with van der Waals surface area (Å²) in [5.41, 5.74) is 7.37. The van der Waals surface area contributed by atoms with Gasteiger partial charge in [-0.2, -0.15) is 0 Å². The molecule has 0 bridgehead atoms. The highest BCUT2D eigenvalue weighted by atomic mass is 16.1. The predicted octanol–water partition coefficient (Wildman–Crippen LogP) is 4.60. The summed E-state index contributed by atoms with van der Waals surface area (Å²) in [7, 11) is 0. The molecule has 0 unspecified atom stereocenters. The number of hydrogen-bond donors (Lipinski definition) is 0. The molecule has 0 atom stereocenters. The van der Waals surface area contributed by atoms with Gasteiger partial charge in [0.2, 0.25) is 0 Å². The van der Waals surface area contributed by atoms with Crippen LogP contribution in [0.3, 0.4) is 0 Å². The van der Waals surface area contributed by atoms with E-state index in [0.717, 1.165) is 5.57 Å². The lowest BCUT2D eigenvalue weighted by Gasteiger charge is -2.00. The van der Waals surface area contributed by atoms with Crippen molar-refractivity contribution < 1.29 is 4.79 Å². The molecule has 1 nitrogen and oxygen atoms in total. The first-order chi connectivity index (χ1) is 10.8. The van der Waals surface area contributed by atoms with E-state index in [2.05, 4.69) is 48.5 Å². The number of carbonyl (C=O) groups is 1. The summed E-state index contributed by atoms with van der Waals surface area (Å²) in [6.07, 6.45) is 7.09. The van der Waals surface area contributed by atoms with E-state index >= 15 is 0 Å². The van der Waals surface area contributed by atoms with Gasteiger partial charge < -0.3 is 0 Å². The Hall–Kier alpha value is -2.93. The summed E-state index contributed by atoms with van der Waals surface area (Å²) >= 11 is 0. The number of hydrogen-bond acceptors (Lipinski definition) is 1. The number of allylic oxidation sites excluding steroid dienone is 8. The average molecular weight is 282 g/mol. The third-order valence-electron chi connectivity index (χ3n) is 3.96. The molecule has 0 saturated carbocycles. The third kappa shape index (κ3) is 2.17. The molecular weight excluding hydrogens is 268 g/mol. The topological polar surface area (TPSA) is 17.1 Å². The zero-order valence-electron chi connectivity index (χ0n) is 12.0. The molecule has 0 radical (unpaired) electrons. The van der Waals surface area contributed by atoms with Crippen molar-refractivity contribution >= 4 is 16.9 Å². The smallest absolute Gasteiger partial charge is 0.178 e. The van der Waals surface area contributed by atoms with Gasteiger partial charge in [-0.3, -0.25) is 4.79 Å². The second-order valence-corrected chi connectivity index (χ2v) is 5.38. The molecule has 1 heteroatoms. The van der Waals surface area contributed by atoms with Crippen LogP contribution in [-0.2, 0) is 4.79 Å². The lowest BCUT2D eigenvalue weighted by atomic mass is 10.0. The van der Waals surface area contributed by atoms with Crippen LogP contribution in [0.4, 0.5) is 0 Å². The van der Waals surface area contributed by atoms with E-state index in [4.69, 9.17) is 0 Å². The van der Waals surface area contributed by atoms with Crippen molar-refractivity contribution in [3.05, 3.63) is 107 Å². The van der Waals surface area contributed by atoms with Crippen LogP contribution in [0.15, 0.2) is 96.1 Å². The number of benzene rings is 2. The van der Waals surface area contributed by atoms with Crippen molar-refractivity contribution in [2.24, 2.45) is 0 Å². The Morgan fingerprint density at radius 1 is 0.500 bits per heavy atom. The van der Waals surface area contributed by atoms with E-state index < -0.39 is 0 Å². The summed E-state index contributed by atoms with van der Waals surface area (Å²) in [5, 5.41) is 0. The Morgan fingerprint density at radius 2 is 0.955 bits per heavy atom. The average Bonchev–Trinajstić information content (AvgIpc) is 3.33. The summed E-state index contributed by atoms with van der Waals surface area (Å²) in [5.74, 6) is 0.0486. The SMILES string of the molecule is O=C1C=CC(=C2C(c3ccccc3)=C2c2ccccc2)C=C1. The number of rotatable bonds is 2. The lowest BCUT2D eigenvalue weighted by molar-refractivity contribution is -0.110. The van der Waals surface area contributed by atoms with E-state index in [0.29, 0.717) is 0 Å². The molecular formula is C21H14O. The molecule has 0 aromatic heterocycles. The molecule has 0 heterocycles. The molecule has 0 aliphatic heterocycles. The molecule has 22 heavy (non-hydrogen) atoms. The highest BCUT2D eigenvalue weighted by Gasteiger charge is 2.33. The second kappa shape index (κ2) is 5.12. The third-order valence-corrected chi connectivity index (χ3v) is 3.96. The van der Waals surface area contributed by atoms with Crippen LogP contribution >= 0.6 is 0 Å². The minimum absolute atomic E-state index is 0.0486. The summed E-state index contributed by atoms with van der Waals surface area (Å²) < 4.78 is 0. The molecule has 0 saturated heterocycles. The van der Waals surface area contributed by atoms with Gasteiger partial charge in [0.25, 0.3) is 0 Å². The fourth-order valence-corrected chi connectivity index (χ4v) is 2.88. The molecule has 2 aliphatic carbocycles. The fraction of sp³-hybridized carbons (Fsp3) is 0. The van der Waals surface area contributed by atoms with Crippen LogP contribution in [0.25, 0.3) is 11.1 Å². The van der Waals surface area contributed by atoms with Gasteiger partial charge in [-0.25, -0.2) is 0 Å². The first-order valence-corrected chi connectivity index (χ1v) is 7.35. The maximum Gasteiger partial charge on any atom is 0.178 e. The van der Waals surface area contributed by atoms with Crippen molar-refractivity contribution in [3.8, 4) is 0 Å². The van der Waals surface area contributed by atoms with E-state index in [-0.39, 0.29) is 5.78 Å². The van der Waals surface area contributed by atoms with Gasteiger partial charge in [0.1, 0.15) is 0 Å². The molecule has 2 aliphatic rings. The predicted molar refractivity (Wildman–Crippen MR) is 90.0 cm³/mol. The first-order valence-electron chi connectivity index (χ1n) is 7.35. The van der Waals surface area contributed by atoms with Crippen molar-refractivity contribution in [1.82, 2.24) is 0 Å². The maximum absolute atomic E-state index is 11.3. The zero-order valence-corrected chi connectivity index (χ0v) is 12.0. The van der Waals surface area contributed by atoms with Crippen LogP contribution in [0, 0.1) is 0 Å². The van der Waals surface area contributed by atoms with Gasteiger partial charge in [-0.1, -0.05) is 72.8 Å². The minimum atomic E-state index is 0.0486. The van der Waals surface area contributed by atoms with Crippen LogP contribution in [-0.4, -0.2) is 5.78 Å². The van der Waals surface area contributed by atoms with Gasteiger partial charge in [0.15, 0.2) is 5.78 Å². The number of ketones is 1. The normalized spacial score (nSPS) is 16.5. The van der Waals surface area contributed by atoms with E-state index in [1.54, 1.807) is 12.2 Å². The first kappa shape index (κ1) is 12.8. The maximum atomic E-state index is 11.3.